The summed E-state index contributed by atoms with van der Waals surface area (Å²) in [5, 5.41) is 0. The summed E-state index contributed by atoms with van der Waals surface area (Å²) < 4.78 is 19.9. The third-order valence-electron chi connectivity index (χ3n) is 3.66. The van der Waals surface area contributed by atoms with Crippen LogP contribution in [-0.4, -0.2) is 8.76 Å². The molecule has 0 aromatic heterocycles. The molecule has 0 saturated heterocycles. The number of hydrogen-bond donors (Lipinski definition) is 1. The molecule has 1 atom stereocenters. The van der Waals surface area contributed by atoms with E-state index in [4.69, 9.17) is 4.55 Å². The highest BCUT2D eigenvalue weighted by atomic mass is 32.2. The van der Waals surface area contributed by atoms with Gasteiger partial charge in [-0.05, 0) is 36.5 Å². The third kappa shape index (κ3) is 3.65. The predicted molar refractivity (Wildman–Crippen MR) is 70.5 cm³/mol. The average Bonchev–Trinajstić information content (AvgIpc) is 2.29. The molecule has 0 heterocycles. The normalized spacial score (nSPS) is 20.5. The van der Waals surface area contributed by atoms with Crippen molar-refractivity contribution in [1.82, 2.24) is 0 Å². The van der Waals surface area contributed by atoms with Crippen LogP contribution in [0.4, 0.5) is 0 Å². The molecule has 1 fully saturated rings. The fourth-order valence-electron chi connectivity index (χ4n) is 2.65. The van der Waals surface area contributed by atoms with Gasteiger partial charge in [-0.2, -0.15) is 0 Å². The lowest BCUT2D eigenvalue weighted by Crippen LogP contribution is -2.02. The molecule has 17 heavy (non-hydrogen) atoms. The Balaban J connectivity index is 2.06. The van der Waals surface area contributed by atoms with E-state index in [9.17, 15) is 4.21 Å². The summed E-state index contributed by atoms with van der Waals surface area (Å²) in [4.78, 5) is 0.500. The van der Waals surface area contributed by atoms with Crippen LogP contribution in [0.3, 0.4) is 0 Å². The summed E-state index contributed by atoms with van der Waals surface area (Å²) in [5.41, 5.74) is 1.33. The molecule has 3 heteroatoms. The maximum absolute atomic E-state index is 10.9. The Morgan fingerprint density at radius 1 is 0.941 bits per heavy atom. The molecular formula is C14H20O2S. The van der Waals surface area contributed by atoms with Gasteiger partial charge in [0, 0.05) is 0 Å². The molecule has 94 valence electrons. The van der Waals surface area contributed by atoms with Gasteiger partial charge in [-0.1, -0.05) is 44.2 Å². The predicted octanol–water partition coefficient (Wildman–Crippen LogP) is 4.10. The Hall–Kier alpha value is -0.670. The summed E-state index contributed by atoms with van der Waals surface area (Å²) in [5.74, 6) is 0.650. The molecule has 0 amide bonds. The molecular weight excluding hydrogens is 232 g/mol. The SMILES string of the molecule is O=S(O)c1ccc(C2CCCCCCC2)cc1. The molecule has 1 N–H and O–H groups in total. The monoisotopic (exact) mass is 252 g/mol. The van der Waals surface area contributed by atoms with Crippen molar-refractivity contribution in [2.45, 2.75) is 55.8 Å². The lowest BCUT2D eigenvalue weighted by atomic mass is 9.86. The lowest BCUT2D eigenvalue weighted by Gasteiger charge is -2.20. The minimum absolute atomic E-state index is 0.500. The minimum Gasteiger partial charge on any atom is -0.302 e. The smallest absolute Gasteiger partial charge is 0.186 e. The van der Waals surface area contributed by atoms with Gasteiger partial charge in [0.15, 0.2) is 11.1 Å². The van der Waals surface area contributed by atoms with E-state index >= 15 is 0 Å². The minimum atomic E-state index is -1.85. The van der Waals surface area contributed by atoms with E-state index in [0.717, 1.165) is 0 Å². The molecule has 2 rings (SSSR count). The summed E-state index contributed by atoms with van der Waals surface area (Å²) in [6.07, 6.45) is 9.26. The highest BCUT2D eigenvalue weighted by Gasteiger charge is 2.13. The molecule has 1 aliphatic rings. The van der Waals surface area contributed by atoms with Gasteiger partial charge in [-0.25, -0.2) is 4.21 Å². The maximum Gasteiger partial charge on any atom is 0.186 e. The van der Waals surface area contributed by atoms with E-state index in [1.54, 1.807) is 12.1 Å². The van der Waals surface area contributed by atoms with Crippen LogP contribution in [0.2, 0.25) is 0 Å². The van der Waals surface area contributed by atoms with Gasteiger partial charge in [0.05, 0.1) is 4.90 Å². The molecule has 0 spiro atoms. The second-order valence-corrected chi connectivity index (χ2v) is 5.83. The molecule has 0 bridgehead atoms. The largest absolute Gasteiger partial charge is 0.302 e. The van der Waals surface area contributed by atoms with Crippen molar-refractivity contribution in [2.24, 2.45) is 0 Å². The summed E-state index contributed by atoms with van der Waals surface area (Å²) in [6, 6.07) is 7.61. The quantitative estimate of drug-likeness (QED) is 0.805. The standard InChI is InChI=1S/C14H20O2S/c15-17(16)14-10-8-13(9-11-14)12-6-4-2-1-3-5-7-12/h8-12H,1-7H2,(H,15,16). The maximum atomic E-state index is 10.9. The molecule has 1 aliphatic carbocycles. The Labute approximate surface area is 106 Å². The van der Waals surface area contributed by atoms with E-state index in [1.165, 1.54) is 50.5 Å². The number of rotatable bonds is 2. The van der Waals surface area contributed by atoms with Crippen molar-refractivity contribution in [2.75, 3.05) is 0 Å². The van der Waals surface area contributed by atoms with Crippen molar-refractivity contribution in [1.29, 1.82) is 0 Å². The van der Waals surface area contributed by atoms with Crippen LogP contribution < -0.4 is 0 Å². The van der Waals surface area contributed by atoms with Gasteiger partial charge in [-0.15, -0.1) is 0 Å². The molecule has 2 nitrogen and oxygen atoms in total. The van der Waals surface area contributed by atoms with Crippen LogP contribution >= 0.6 is 0 Å². The first-order valence-corrected chi connectivity index (χ1v) is 7.59. The second-order valence-electron chi connectivity index (χ2n) is 4.86. The Morgan fingerprint density at radius 3 is 2.00 bits per heavy atom. The zero-order valence-electron chi connectivity index (χ0n) is 10.1. The zero-order valence-corrected chi connectivity index (χ0v) is 10.9. The molecule has 0 aliphatic heterocycles. The van der Waals surface area contributed by atoms with Gasteiger partial charge in [0.25, 0.3) is 0 Å². The second kappa shape index (κ2) is 6.31. The van der Waals surface area contributed by atoms with E-state index in [1.807, 2.05) is 12.1 Å². The van der Waals surface area contributed by atoms with Crippen LogP contribution in [0.5, 0.6) is 0 Å². The first kappa shape index (κ1) is 12.8. The van der Waals surface area contributed by atoms with Gasteiger partial charge in [0.1, 0.15) is 0 Å². The molecule has 1 unspecified atom stereocenters. The first-order chi connectivity index (χ1) is 8.27. The van der Waals surface area contributed by atoms with Gasteiger partial charge in [0.2, 0.25) is 0 Å². The van der Waals surface area contributed by atoms with Crippen LogP contribution in [0.15, 0.2) is 29.2 Å². The highest BCUT2D eigenvalue weighted by Crippen LogP contribution is 2.31. The van der Waals surface area contributed by atoms with Crippen molar-refractivity contribution >= 4 is 11.1 Å². The van der Waals surface area contributed by atoms with E-state index in [0.29, 0.717) is 10.8 Å². The highest BCUT2D eigenvalue weighted by molar-refractivity contribution is 7.79. The van der Waals surface area contributed by atoms with E-state index in [-0.39, 0.29) is 0 Å². The van der Waals surface area contributed by atoms with Crippen LogP contribution in [0.25, 0.3) is 0 Å². The summed E-state index contributed by atoms with van der Waals surface area (Å²) >= 11 is -1.85. The van der Waals surface area contributed by atoms with Crippen molar-refractivity contribution < 1.29 is 8.76 Å². The van der Waals surface area contributed by atoms with Gasteiger partial charge < -0.3 is 4.55 Å². The van der Waals surface area contributed by atoms with E-state index < -0.39 is 11.1 Å². The lowest BCUT2D eigenvalue weighted by molar-refractivity contribution is 0.455. The third-order valence-corrected chi connectivity index (χ3v) is 4.33. The van der Waals surface area contributed by atoms with Crippen LogP contribution in [0.1, 0.15) is 56.4 Å². The Morgan fingerprint density at radius 2 is 1.47 bits per heavy atom. The van der Waals surface area contributed by atoms with Crippen molar-refractivity contribution in [3.63, 3.8) is 0 Å². The number of benzene rings is 1. The van der Waals surface area contributed by atoms with Crippen LogP contribution in [0, 0.1) is 0 Å². The van der Waals surface area contributed by atoms with Crippen molar-refractivity contribution in [3.05, 3.63) is 29.8 Å². The van der Waals surface area contributed by atoms with Crippen molar-refractivity contribution in [3.8, 4) is 0 Å². The Bertz CT molecular complexity index is 364. The average molecular weight is 252 g/mol. The molecule has 0 radical (unpaired) electrons. The molecule has 1 aromatic rings. The van der Waals surface area contributed by atoms with Gasteiger partial charge in [-0.3, -0.25) is 0 Å². The fourth-order valence-corrected chi connectivity index (χ4v) is 3.01. The molecule has 1 aromatic carbocycles. The zero-order chi connectivity index (χ0) is 12.1. The Kier molecular flexibility index (Phi) is 4.75. The first-order valence-electron chi connectivity index (χ1n) is 6.48. The van der Waals surface area contributed by atoms with E-state index in [2.05, 4.69) is 0 Å². The number of hydrogen-bond acceptors (Lipinski definition) is 1. The molecule has 1 saturated carbocycles. The topological polar surface area (TPSA) is 37.3 Å². The summed E-state index contributed by atoms with van der Waals surface area (Å²) in [7, 11) is 0. The fraction of sp³-hybridized carbons (Fsp3) is 0.571. The van der Waals surface area contributed by atoms with Gasteiger partial charge >= 0.3 is 0 Å². The summed E-state index contributed by atoms with van der Waals surface area (Å²) in [6.45, 7) is 0. The van der Waals surface area contributed by atoms with Crippen LogP contribution in [-0.2, 0) is 11.1 Å².